The fourth-order valence-corrected chi connectivity index (χ4v) is 2.29. The van der Waals surface area contributed by atoms with Crippen LogP contribution in [-0.2, 0) is 4.79 Å². The average Bonchev–Trinajstić information content (AvgIpc) is 2.34. The topological polar surface area (TPSA) is 58.6 Å². The van der Waals surface area contributed by atoms with Gasteiger partial charge in [0, 0.05) is 11.6 Å². The van der Waals surface area contributed by atoms with E-state index < -0.39 is 23.7 Å². The normalized spacial score (nSPS) is 14.2. The highest BCUT2D eigenvalue weighted by Crippen LogP contribution is 2.34. The lowest BCUT2D eigenvalue weighted by molar-refractivity contribution is -0.144. The van der Waals surface area contributed by atoms with Gasteiger partial charge in [-0.1, -0.05) is 13.8 Å². The number of rotatable bonds is 6. The van der Waals surface area contributed by atoms with Gasteiger partial charge in [-0.3, -0.25) is 4.79 Å². The number of benzene rings is 1. The van der Waals surface area contributed by atoms with E-state index in [2.05, 4.69) is 5.32 Å². The highest BCUT2D eigenvalue weighted by Gasteiger charge is 2.33. The van der Waals surface area contributed by atoms with Crippen LogP contribution in [-0.4, -0.2) is 25.2 Å². The molecule has 4 nitrogen and oxygen atoms in total. The molecule has 2 atom stereocenters. The van der Waals surface area contributed by atoms with Crippen molar-refractivity contribution in [2.45, 2.75) is 19.9 Å². The summed E-state index contributed by atoms with van der Waals surface area (Å²) in [5.41, 5.74) is 0.520. The molecule has 0 radical (unpaired) electrons. The summed E-state index contributed by atoms with van der Waals surface area (Å²) < 4.78 is 18.6. The summed E-state index contributed by atoms with van der Waals surface area (Å²) in [6, 6.07) is 3.61. The molecule has 0 fully saturated rings. The molecule has 1 rings (SSSR count). The maximum atomic E-state index is 13.4. The minimum atomic E-state index is -0.916. The molecule has 0 amide bonds. The minimum absolute atomic E-state index is 0.0945. The largest absolute Gasteiger partial charge is 0.496 e. The van der Waals surface area contributed by atoms with Gasteiger partial charge >= 0.3 is 5.97 Å². The number of ether oxygens (including phenoxy) is 1. The molecule has 0 saturated heterocycles. The molecule has 1 aromatic rings. The smallest absolute Gasteiger partial charge is 0.308 e. The van der Waals surface area contributed by atoms with Crippen molar-refractivity contribution in [1.82, 2.24) is 5.32 Å². The van der Waals surface area contributed by atoms with E-state index >= 15 is 0 Å². The maximum absolute atomic E-state index is 13.4. The quantitative estimate of drug-likeness (QED) is 0.833. The maximum Gasteiger partial charge on any atom is 0.308 e. The molecule has 0 bridgehead atoms. The van der Waals surface area contributed by atoms with Crippen LogP contribution in [0.5, 0.6) is 5.75 Å². The second kappa shape index (κ2) is 6.52. The summed E-state index contributed by atoms with van der Waals surface area (Å²) in [5.74, 6) is -1.61. The molecule has 0 aromatic heterocycles. The molecule has 0 aliphatic carbocycles. The van der Waals surface area contributed by atoms with Crippen molar-refractivity contribution in [3.05, 3.63) is 29.6 Å². The van der Waals surface area contributed by atoms with Crippen LogP contribution in [0.1, 0.15) is 25.5 Å². The molecule has 0 aliphatic heterocycles. The zero-order valence-electron chi connectivity index (χ0n) is 11.6. The van der Waals surface area contributed by atoms with Gasteiger partial charge in [-0.05, 0) is 31.2 Å². The predicted molar refractivity (Wildman–Crippen MR) is 70.7 cm³/mol. The number of carboxylic acid groups (broad SMARTS) is 1. The zero-order valence-corrected chi connectivity index (χ0v) is 11.6. The molecule has 5 heteroatoms. The molecule has 0 aliphatic rings. The molecule has 0 saturated carbocycles. The molecule has 0 heterocycles. The Hall–Kier alpha value is -1.62. The van der Waals surface area contributed by atoms with Crippen LogP contribution in [0.15, 0.2) is 18.2 Å². The Kier molecular flexibility index (Phi) is 5.30. The highest BCUT2D eigenvalue weighted by molar-refractivity contribution is 5.72. The van der Waals surface area contributed by atoms with E-state index in [1.54, 1.807) is 7.05 Å². The van der Waals surface area contributed by atoms with Crippen LogP contribution in [0.3, 0.4) is 0 Å². The standard InChI is InChI=1S/C14H20FNO3/c1-8(2)12(14(17)18)13(16-3)10-7-9(15)5-6-11(10)19-4/h5-8,12-13,16H,1-4H3,(H,17,18). The first-order chi connectivity index (χ1) is 8.92. The van der Waals surface area contributed by atoms with Gasteiger partial charge in [-0.2, -0.15) is 0 Å². The summed E-state index contributed by atoms with van der Waals surface area (Å²) in [4.78, 5) is 11.4. The van der Waals surface area contributed by atoms with Gasteiger partial charge in [0.2, 0.25) is 0 Å². The Morgan fingerprint density at radius 2 is 2.05 bits per heavy atom. The highest BCUT2D eigenvalue weighted by atomic mass is 19.1. The number of carbonyl (C=O) groups is 1. The zero-order chi connectivity index (χ0) is 14.6. The molecular weight excluding hydrogens is 249 g/mol. The lowest BCUT2D eigenvalue weighted by Crippen LogP contribution is -2.34. The van der Waals surface area contributed by atoms with Crippen LogP contribution >= 0.6 is 0 Å². The number of aliphatic carboxylic acids is 1. The number of methoxy groups -OCH3 is 1. The first-order valence-corrected chi connectivity index (χ1v) is 6.15. The van der Waals surface area contributed by atoms with Gasteiger partial charge in [-0.25, -0.2) is 4.39 Å². The molecular formula is C14H20FNO3. The van der Waals surface area contributed by atoms with Crippen molar-refractivity contribution >= 4 is 5.97 Å². The molecule has 19 heavy (non-hydrogen) atoms. The SMILES string of the molecule is CNC(c1cc(F)ccc1OC)C(C(=O)O)C(C)C. The summed E-state index contributed by atoms with van der Waals surface area (Å²) in [6.45, 7) is 3.66. The van der Waals surface area contributed by atoms with Crippen molar-refractivity contribution in [1.29, 1.82) is 0 Å². The summed E-state index contributed by atoms with van der Waals surface area (Å²) >= 11 is 0. The number of nitrogens with one attached hydrogen (secondary N) is 1. The van der Waals surface area contributed by atoms with E-state index in [0.717, 1.165) is 0 Å². The third-order valence-corrected chi connectivity index (χ3v) is 3.20. The Bertz CT molecular complexity index is 448. The second-order valence-corrected chi connectivity index (χ2v) is 4.76. The van der Waals surface area contributed by atoms with Gasteiger partial charge in [0.1, 0.15) is 11.6 Å². The summed E-state index contributed by atoms with van der Waals surface area (Å²) in [6.07, 6.45) is 0. The lowest BCUT2D eigenvalue weighted by atomic mass is 9.84. The van der Waals surface area contributed by atoms with Crippen LogP contribution in [0.4, 0.5) is 4.39 Å². The average molecular weight is 269 g/mol. The second-order valence-electron chi connectivity index (χ2n) is 4.76. The molecule has 0 spiro atoms. The number of hydrogen-bond donors (Lipinski definition) is 2. The van der Waals surface area contributed by atoms with E-state index in [1.807, 2.05) is 13.8 Å². The minimum Gasteiger partial charge on any atom is -0.496 e. The van der Waals surface area contributed by atoms with Crippen LogP contribution in [0, 0.1) is 17.7 Å². The first-order valence-electron chi connectivity index (χ1n) is 6.15. The molecule has 2 unspecified atom stereocenters. The van der Waals surface area contributed by atoms with Crippen molar-refractivity contribution in [3.8, 4) is 5.75 Å². The summed E-state index contributed by atoms with van der Waals surface area (Å²) in [5, 5.41) is 12.3. The lowest BCUT2D eigenvalue weighted by Gasteiger charge is -2.28. The van der Waals surface area contributed by atoms with Crippen LogP contribution < -0.4 is 10.1 Å². The Labute approximate surface area is 112 Å². The van der Waals surface area contributed by atoms with Crippen LogP contribution in [0.2, 0.25) is 0 Å². The number of hydrogen-bond acceptors (Lipinski definition) is 3. The Morgan fingerprint density at radius 1 is 1.42 bits per heavy atom. The fraction of sp³-hybridized carbons (Fsp3) is 0.500. The monoisotopic (exact) mass is 269 g/mol. The van der Waals surface area contributed by atoms with Gasteiger partial charge in [0.25, 0.3) is 0 Å². The van der Waals surface area contributed by atoms with Gasteiger partial charge in [0.05, 0.1) is 13.0 Å². The van der Waals surface area contributed by atoms with E-state index in [-0.39, 0.29) is 5.92 Å². The van der Waals surface area contributed by atoms with E-state index in [0.29, 0.717) is 11.3 Å². The Balaban J connectivity index is 3.28. The van der Waals surface area contributed by atoms with Gasteiger partial charge in [-0.15, -0.1) is 0 Å². The third kappa shape index (κ3) is 3.44. The number of carboxylic acids is 1. The Morgan fingerprint density at radius 3 is 2.47 bits per heavy atom. The summed E-state index contributed by atoms with van der Waals surface area (Å²) in [7, 11) is 3.14. The third-order valence-electron chi connectivity index (χ3n) is 3.20. The fourth-order valence-electron chi connectivity index (χ4n) is 2.29. The number of halogens is 1. The van der Waals surface area contributed by atoms with Crippen molar-refractivity contribution in [2.24, 2.45) is 11.8 Å². The van der Waals surface area contributed by atoms with Crippen molar-refractivity contribution < 1.29 is 19.0 Å². The molecule has 106 valence electrons. The first kappa shape index (κ1) is 15.4. The van der Waals surface area contributed by atoms with Gasteiger partial charge in [0.15, 0.2) is 0 Å². The predicted octanol–water partition coefficient (Wildman–Crippen LogP) is 2.45. The van der Waals surface area contributed by atoms with E-state index in [4.69, 9.17) is 4.74 Å². The molecule has 2 N–H and O–H groups in total. The van der Waals surface area contributed by atoms with E-state index in [9.17, 15) is 14.3 Å². The van der Waals surface area contributed by atoms with E-state index in [1.165, 1.54) is 25.3 Å². The van der Waals surface area contributed by atoms with Crippen molar-refractivity contribution in [2.75, 3.05) is 14.2 Å². The van der Waals surface area contributed by atoms with Gasteiger partial charge < -0.3 is 15.2 Å². The van der Waals surface area contributed by atoms with Crippen molar-refractivity contribution in [3.63, 3.8) is 0 Å². The molecule has 1 aromatic carbocycles. The van der Waals surface area contributed by atoms with Crippen LogP contribution in [0.25, 0.3) is 0 Å².